The van der Waals surface area contributed by atoms with E-state index in [0.717, 1.165) is 25.3 Å². The molecule has 4 N–H and O–H groups in total. The largest absolute Gasteiger partial charge is 0.399 e. The van der Waals surface area contributed by atoms with Crippen molar-refractivity contribution in [1.82, 2.24) is 15.1 Å². The van der Waals surface area contributed by atoms with E-state index >= 15 is 0 Å². The van der Waals surface area contributed by atoms with Crippen LogP contribution in [0.1, 0.15) is 0 Å². The van der Waals surface area contributed by atoms with E-state index < -0.39 is 0 Å². The molecule has 2 rings (SSSR count). The highest BCUT2D eigenvalue weighted by atomic mass is 16.2. The molecule has 20 heavy (non-hydrogen) atoms. The van der Waals surface area contributed by atoms with Gasteiger partial charge in [0.1, 0.15) is 0 Å². The quantitative estimate of drug-likeness (QED) is 0.709. The lowest BCUT2D eigenvalue weighted by Gasteiger charge is -2.37. The lowest BCUT2D eigenvalue weighted by molar-refractivity contribution is 0.115. The molecule has 2 amide bonds. The zero-order chi connectivity index (χ0) is 14.5. The topological polar surface area (TPSA) is 73.6 Å². The van der Waals surface area contributed by atoms with E-state index in [1.807, 2.05) is 0 Å². The maximum Gasteiger partial charge on any atom is 0.319 e. The van der Waals surface area contributed by atoms with E-state index in [4.69, 9.17) is 5.73 Å². The molecule has 0 aliphatic carbocycles. The van der Waals surface area contributed by atoms with E-state index in [2.05, 4.69) is 34.5 Å². The molecule has 0 bridgehead atoms. The summed E-state index contributed by atoms with van der Waals surface area (Å²) in [6.07, 6.45) is 0. The molecule has 0 saturated carbocycles. The molecule has 1 aliphatic heterocycles. The molecule has 1 unspecified atom stereocenters. The number of nitrogens with one attached hydrogen (secondary N) is 2. The van der Waals surface area contributed by atoms with Crippen molar-refractivity contribution < 1.29 is 4.79 Å². The van der Waals surface area contributed by atoms with Gasteiger partial charge in [-0.2, -0.15) is 0 Å². The summed E-state index contributed by atoms with van der Waals surface area (Å²) >= 11 is 0. The van der Waals surface area contributed by atoms with E-state index in [1.165, 1.54) is 0 Å². The fraction of sp³-hybridized carbons (Fsp3) is 0.500. The molecular weight excluding hydrogens is 254 g/mol. The molecule has 0 spiro atoms. The van der Waals surface area contributed by atoms with Crippen LogP contribution in [0.5, 0.6) is 0 Å². The second kappa shape index (κ2) is 6.58. The second-order valence-electron chi connectivity index (χ2n) is 5.35. The van der Waals surface area contributed by atoms with Crippen molar-refractivity contribution in [2.24, 2.45) is 0 Å². The van der Waals surface area contributed by atoms with Crippen LogP contribution in [0.4, 0.5) is 16.2 Å². The van der Waals surface area contributed by atoms with Gasteiger partial charge in [0.15, 0.2) is 0 Å². The van der Waals surface area contributed by atoms with Crippen LogP contribution in [0.15, 0.2) is 24.3 Å². The van der Waals surface area contributed by atoms with Crippen LogP contribution in [-0.4, -0.2) is 62.1 Å². The Balaban J connectivity index is 1.78. The molecule has 6 heteroatoms. The Morgan fingerprint density at radius 3 is 2.70 bits per heavy atom. The summed E-state index contributed by atoms with van der Waals surface area (Å²) in [6.45, 7) is 3.72. The first kappa shape index (κ1) is 14.6. The zero-order valence-corrected chi connectivity index (χ0v) is 12.1. The number of likely N-dealkylation sites (N-methyl/N-ethyl adjacent to an activating group) is 2. The minimum atomic E-state index is -0.184. The summed E-state index contributed by atoms with van der Waals surface area (Å²) in [6, 6.07) is 7.27. The number of urea groups is 1. The Hall–Kier alpha value is -1.79. The Bertz CT molecular complexity index is 447. The lowest BCUT2D eigenvalue weighted by Crippen LogP contribution is -2.54. The van der Waals surface area contributed by atoms with Gasteiger partial charge < -0.3 is 21.3 Å². The Kier molecular flexibility index (Phi) is 4.81. The van der Waals surface area contributed by atoms with E-state index in [0.29, 0.717) is 18.3 Å². The summed E-state index contributed by atoms with van der Waals surface area (Å²) in [5.74, 6) is 0. The number of piperazine rings is 1. The first-order valence-electron chi connectivity index (χ1n) is 6.84. The summed E-state index contributed by atoms with van der Waals surface area (Å²) < 4.78 is 0. The molecule has 6 nitrogen and oxygen atoms in total. The number of hydrogen-bond acceptors (Lipinski definition) is 4. The minimum Gasteiger partial charge on any atom is -0.399 e. The number of carbonyl (C=O) groups excluding carboxylic acids is 1. The Morgan fingerprint density at radius 1 is 1.30 bits per heavy atom. The van der Waals surface area contributed by atoms with Gasteiger partial charge in [0.05, 0.1) is 0 Å². The van der Waals surface area contributed by atoms with Crippen molar-refractivity contribution in [3.8, 4) is 0 Å². The number of anilines is 2. The number of nitrogen functional groups attached to an aromatic ring is 1. The standard InChI is InChI=1S/C14H23N5O/c1-18-7-8-19(2)13(10-18)9-16-14(20)17-12-5-3-11(15)4-6-12/h3-6,13H,7-10,15H2,1-2H3,(H2,16,17,20). The summed E-state index contributed by atoms with van der Waals surface area (Å²) in [5.41, 5.74) is 7.03. The molecule has 0 aromatic heterocycles. The number of nitrogens with zero attached hydrogens (tertiary/aromatic N) is 2. The molecule has 1 fully saturated rings. The highest BCUT2D eigenvalue weighted by molar-refractivity contribution is 5.89. The van der Waals surface area contributed by atoms with Gasteiger partial charge in [-0.15, -0.1) is 0 Å². The number of nitrogens with two attached hydrogens (primary N) is 1. The van der Waals surface area contributed by atoms with E-state index in [9.17, 15) is 4.79 Å². The van der Waals surface area contributed by atoms with E-state index in [-0.39, 0.29) is 6.03 Å². The van der Waals surface area contributed by atoms with Gasteiger partial charge in [-0.05, 0) is 38.4 Å². The van der Waals surface area contributed by atoms with Gasteiger partial charge in [-0.1, -0.05) is 0 Å². The van der Waals surface area contributed by atoms with Gasteiger partial charge in [-0.25, -0.2) is 4.79 Å². The molecule has 110 valence electrons. The third-order valence-electron chi connectivity index (χ3n) is 3.65. The summed E-state index contributed by atoms with van der Waals surface area (Å²) in [5, 5.41) is 5.71. The Labute approximate surface area is 119 Å². The number of hydrogen-bond donors (Lipinski definition) is 3. The summed E-state index contributed by atoms with van der Waals surface area (Å²) in [4.78, 5) is 16.4. The SMILES string of the molecule is CN1CCN(C)C(CNC(=O)Nc2ccc(N)cc2)C1. The predicted molar refractivity (Wildman–Crippen MR) is 81.8 cm³/mol. The predicted octanol–water partition coefficient (Wildman–Crippen LogP) is 0.636. The fourth-order valence-electron chi connectivity index (χ4n) is 2.27. The fourth-order valence-corrected chi connectivity index (χ4v) is 2.27. The van der Waals surface area contributed by atoms with Crippen molar-refractivity contribution >= 4 is 17.4 Å². The highest BCUT2D eigenvalue weighted by Crippen LogP contribution is 2.10. The smallest absolute Gasteiger partial charge is 0.319 e. The van der Waals surface area contributed by atoms with Gasteiger partial charge in [0.2, 0.25) is 0 Å². The van der Waals surface area contributed by atoms with Crippen molar-refractivity contribution in [1.29, 1.82) is 0 Å². The summed E-state index contributed by atoms with van der Waals surface area (Å²) in [7, 11) is 4.20. The monoisotopic (exact) mass is 277 g/mol. The number of benzene rings is 1. The molecule has 1 aromatic rings. The third-order valence-corrected chi connectivity index (χ3v) is 3.65. The van der Waals surface area contributed by atoms with Crippen molar-refractivity contribution in [2.75, 3.05) is 51.3 Å². The first-order chi connectivity index (χ1) is 9.54. The van der Waals surface area contributed by atoms with Crippen molar-refractivity contribution in [2.45, 2.75) is 6.04 Å². The maximum absolute atomic E-state index is 11.8. The van der Waals surface area contributed by atoms with Crippen LogP contribution >= 0.6 is 0 Å². The molecule has 1 aromatic carbocycles. The van der Waals surface area contributed by atoms with Crippen LogP contribution < -0.4 is 16.4 Å². The average Bonchev–Trinajstić information content (AvgIpc) is 2.42. The first-order valence-corrected chi connectivity index (χ1v) is 6.84. The third kappa shape index (κ3) is 4.11. The minimum absolute atomic E-state index is 0.184. The number of amides is 2. The molecule has 1 atom stereocenters. The molecule has 1 heterocycles. The van der Waals surface area contributed by atoms with Gasteiger partial charge in [-0.3, -0.25) is 4.90 Å². The average molecular weight is 277 g/mol. The normalized spacial score (nSPS) is 20.6. The van der Waals surface area contributed by atoms with Crippen molar-refractivity contribution in [3.05, 3.63) is 24.3 Å². The van der Waals surface area contributed by atoms with Crippen LogP contribution in [0, 0.1) is 0 Å². The highest BCUT2D eigenvalue weighted by Gasteiger charge is 2.22. The maximum atomic E-state index is 11.8. The molecule has 0 radical (unpaired) electrons. The molecule has 1 saturated heterocycles. The van der Waals surface area contributed by atoms with Crippen LogP contribution in [0.3, 0.4) is 0 Å². The van der Waals surface area contributed by atoms with Crippen LogP contribution in [0.25, 0.3) is 0 Å². The lowest BCUT2D eigenvalue weighted by atomic mass is 10.2. The van der Waals surface area contributed by atoms with Gasteiger partial charge >= 0.3 is 6.03 Å². The number of carbonyl (C=O) groups is 1. The molecule has 1 aliphatic rings. The van der Waals surface area contributed by atoms with Crippen LogP contribution in [0.2, 0.25) is 0 Å². The Morgan fingerprint density at radius 2 is 2.00 bits per heavy atom. The van der Waals surface area contributed by atoms with Crippen LogP contribution in [-0.2, 0) is 0 Å². The van der Waals surface area contributed by atoms with Crippen molar-refractivity contribution in [3.63, 3.8) is 0 Å². The van der Waals surface area contributed by atoms with Gasteiger partial charge in [0.25, 0.3) is 0 Å². The van der Waals surface area contributed by atoms with E-state index in [1.54, 1.807) is 24.3 Å². The zero-order valence-electron chi connectivity index (χ0n) is 12.1. The van der Waals surface area contributed by atoms with Gasteiger partial charge in [0, 0.05) is 43.6 Å². The number of rotatable bonds is 3. The second-order valence-corrected chi connectivity index (χ2v) is 5.35. The molecular formula is C14H23N5O.